The van der Waals surface area contributed by atoms with Gasteiger partial charge in [0.05, 0.1) is 44.2 Å². The van der Waals surface area contributed by atoms with Crippen LogP contribution in [0.3, 0.4) is 0 Å². The van der Waals surface area contributed by atoms with E-state index in [1.807, 2.05) is 12.1 Å². The maximum absolute atomic E-state index is 12.7. The van der Waals surface area contributed by atoms with Gasteiger partial charge >= 0.3 is 5.97 Å². The number of hydrogen-bond acceptors (Lipinski definition) is 9. The molecule has 0 N–H and O–H groups in total. The smallest absolute Gasteiger partial charge is 0.368 e. The number of hydrogen-bond donors (Lipinski definition) is 0. The van der Waals surface area contributed by atoms with Gasteiger partial charge in [0.25, 0.3) is 0 Å². The van der Waals surface area contributed by atoms with Crippen molar-refractivity contribution >= 4 is 35.5 Å². The molecule has 0 atom stereocenters. The number of carbonyl (C=O) groups is 1. The van der Waals surface area contributed by atoms with Crippen LogP contribution in [0.5, 0.6) is 17.5 Å². The maximum atomic E-state index is 12.7. The van der Waals surface area contributed by atoms with Crippen molar-refractivity contribution in [2.75, 3.05) is 21.3 Å². The third-order valence-electron chi connectivity index (χ3n) is 3.92. The Bertz CT molecular complexity index is 1090. The van der Waals surface area contributed by atoms with E-state index in [2.05, 4.69) is 15.1 Å². The molecule has 0 unspecified atom stereocenters. The van der Waals surface area contributed by atoms with Gasteiger partial charge in [-0.2, -0.15) is 9.97 Å². The van der Waals surface area contributed by atoms with Crippen molar-refractivity contribution in [1.82, 2.24) is 9.97 Å². The Balaban J connectivity index is 1.84. The molecule has 0 aliphatic heterocycles. The van der Waals surface area contributed by atoms with Gasteiger partial charge in [0.1, 0.15) is 5.75 Å². The molecule has 0 amide bonds. The summed E-state index contributed by atoms with van der Waals surface area (Å²) in [5, 5.41) is 4.29. The Morgan fingerprint density at radius 1 is 1.00 bits per heavy atom. The summed E-state index contributed by atoms with van der Waals surface area (Å²) >= 11 is 7.39. The number of para-hydroxylation sites is 1. The van der Waals surface area contributed by atoms with E-state index in [0.29, 0.717) is 33.1 Å². The van der Waals surface area contributed by atoms with Gasteiger partial charge in [-0.25, -0.2) is 4.79 Å². The lowest BCUT2D eigenvalue weighted by Gasteiger charge is -2.09. The zero-order chi connectivity index (χ0) is 22.2. The van der Waals surface area contributed by atoms with Crippen LogP contribution >= 0.6 is 23.4 Å². The van der Waals surface area contributed by atoms with Gasteiger partial charge in [0, 0.05) is 10.5 Å². The van der Waals surface area contributed by atoms with Crippen molar-refractivity contribution in [2.24, 2.45) is 5.16 Å². The van der Waals surface area contributed by atoms with Crippen LogP contribution in [0, 0.1) is 0 Å². The molecule has 31 heavy (non-hydrogen) atoms. The Kier molecular flexibility index (Phi) is 7.69. The van der Waals surface area contributed by atoms with Crippen molar-refractivity contribution in [3.05, 3.63) is 64.7 Å². The molecular formula is C21H18ClN3O5S. The van der Waals surface area contributed by atoms with Gasteiger partial charge < -0.3 is 19.0 Å². The SMILES string of the molecule is COc1cc(OC)nc(Sc2cccc(Cl)c2C(=O)O/N=C/c2ccccc2OC)n1. The number of methoxy groups -OCH3 is 3. The van der Waals surface area contributed by atoms with E-state index in [9.17, 15) is 4.79 Å². The molecule has 2 aromatic carbocycles. The molecule has 10 heteroatoms. The summed E-state index contributed by atoms with van der Waals surface area (Å²) in [6.07, 6.45) is 1.39. The van der Waals surface area contributed by atoms with Crippen LogP contribution in [0.2, 0.25) is 5.02 Å². The lowest BCUT2D eigenvalue weighted by atomic mass is 10.2. The molecule has 0 bridgehead atoms. The molecule has 3 rings (SSSR count). The Hall–Kier alpha value is -3.30. The molecule has 8 nitrogen and oxygen atoms in total. The van der Waals surface area contributed by atoms with Crippen LogP contribution in [0.4, 0.5) is 0 Å². The van der Waals surface area contributed by atoms with E-state index >= 15 is 0 Å². The normalized spacial score (nSPS) is 10.7. The Morgan fingerprint density at radius 2 is 1.71 bits per heavy atom. The second-order valence-electron chi connectivity index (χ2n) is 5.81. The lowest BCUT2D eigenvalue weighted by Crippen LogP contribution is -2.05. The third-order valence-corrected chi connectivity index (χ3v) is 5.16. The van der Waals surface area contributed by atoms with Gasteiger partial charge in [-0.15, -0.1) is 0 Å². The summed E-state index contributed by atoms with van der Waals surface area (Å²) in [4.78, 5) is 26.8. The third kappa shape index (κ3) is 5.65. The van der Waals surface area contributed by atoms with Crippen LogP contribution in [-0.2, 0) is 4.84 Å². The molecule has 0 saturated carbocycles. The lowest BCUT2D eigenvalue weighted by molar-refractivity contribution is 0.0515. The Labute approximate surface area is 188 Å². The van der Waals surface area contributed by atoms with Gasteiger partial charge in [-0.05, 0) is 36.0 Å². The number of oxime groups is 1. The molecule has 0 spiro atoms. The van der Waals surface area contributed by atoms with E-state index in [1.54, 1.807) is 43.5 Å². The monoisotopic (exact) mass is 459 g/mol. The number of aromatic nitrogens is 2. The van der Waals surface area contributed by atoms with Gasteiger partial charge in [0.15, 0.2) is 5.16 Å². The average molecular weight is 460 g/mol. The van der Waals surface area contributed by atoms with Gasteiger partial charge in [-0.1, -0.05) is 35.0 Å². The average Bonchev–Trinajstić information content (AvgIpc) is 2.79. The number of ether oxygens (including phenoxy) is 3. The van der Waals surface area contributed by atoms with Crippen LogP contribution in [-0.4, -0.2) is 43.5 Å². The molecule has 1 heterocycles. The first-order valence-corrected chi connectivity index (χ1v) is 10.1. The second-order valence-corrected chi connectivity index (χ2v) is 7.22. The molecule has 0 radical (unpaired) electrons. The summed E-state index contributed by atoms with van der Waals surface area (Å²) in [5.74, 6) is 0.512. The first-order valence-electron chi connectivity index (χ1n) is 8.87. The van der Waals surface area contributed by atoms with Crippen LogP contribution < -0.4 is 14.2 Å². The molecule has 0 saturated heterocycles. The number of carbonyl (C=O) groups excluding carboxylic acids is 1. The fourth-order valence-electron chi connectivity index (χ4n) is 2.47. The second kappa shape index (κ2) is 10.6. The first kappa shape index (κ1) is 22.4. The topological polar surface area (TPSA) is 92.1 Å². The highest BCUT2D eigenvalue weighted by Crippen LogP contribution is 2.34. The van der Waals surface area contributed by atoms with Gasteiger partial charge in [0.2, 0.25) is 11.8 Å². The van der Waals surface area contributed by atoms with Crippen LogP contribution in [0.25, 0.3) is 0 Å². The van der Waals surface area contributed by atoms with Crippen molar-refractivity contribution in [3.8, 4) is 17.5 Å². The summed E-state index contributed by atoms with van der Waals surface area (Å²) in [5.41, 5.74) is 0.792. The molecule has 160 valence electrons. The van der Waals surface area contributed by atoms with Crippen molar-refractivity contribution < 1.29 is 23.8 Å². The molecule has 0 fully saturated rings. The minimum atomic E-state index is -0.728. The van der Waals surface area contributed by atoms with E-state index in [1.165, 1.54) is 20.4 Å². The zero-order valence-corrected chi connectivity index (χ0v) is 18.4. The minimum absolute atomic E-state index is 0.136. The summed E-state index contributed by atoms with van der Waals surface area (Å²) in [6, 6.07) is 13.7. The summed E-state index contributed by atoms with van der Waals surface area (Å²) in [7, 11) is 4.51. The largest absolute Gasteiger partial charge is 0.496 e. The number of halogens is 1. The van der Waals surface area contributed by atoms with Crippen LogP contribution in [0.1, 0.15) is 15.9 Å². The highest BCUT2D eigenvalue weighted by Gasteiger charge is 2.20. The first-order chi connectivity index (χ1) is 15.0. The van der Waals surface area contributed by atoms with E-state index in [4.69, 9.17) is 30.6 Å². The standard InChI is InChI=1S/C21H18ClN3O5S/c1-27-15-9-5-4-7-13(15)12-23-30-20(26)19-14(22)8-6-10-16(19)31-21-24-17(28-2)11-18(25-21)29-3/h4-12H,1-3H3/b23-12+. The van der Waals surface area contributed by atoms with E-state index < -0.39 is 5.97 Å². The molecule has 3 aromatic rings. The van der Waals surface area contributed by atoms with Crippen molar-refractivity contribution in [2.45, 2.75) is 10.1 Å². The molecule has 1 aromatic heterocycles. The molecule has 0 aliphatic carbocycles. The number of benzene rings is 2. The van der Waals surface area contributed by atoms with Gasteiger partial charge in [-0.3, -0.25) is 0 Å². The fourth-order valence-corrected chi connectivity index (χ4v) is 3.69. The number of rotatable bonds is 8. The zero-order valence-electron chi connectivity index (χ0n) is 16.9. The van der Waals surface area contributed by atoms with Crippen LogP contribution in [0.15, 0.2) is 63.7 Å². The molecule has 0 aliphatic rings. The van der Waals surface area contributed by atoms with E-state index in [0.717, 1.165) is 11.8 Å². The van der Waals surface area contributed by atoms with Crippen molar-refractivity contribution in [3.63, 3.8) is 0 Å². The predicted octanol–water partition coefficient (Wildman–Crippen LogP) is 4.50. The highest BCUT2D eigenvalue weighted by molar-refractivity contribution is 7.99. The Morgan fingerprint density at radius 3 is 2.39 bits per heavy atom. The summed E-state index contributed by atoms with van der Waals surface area (Å²) in [6.45, 7) is 0. The highest BCUT2D eigenvalue weighted by atomic mass is 35.5. The maximum Gasteiger partial charge on any atom is 0.368 e. The van der Waals surface area contributed by atoms with E-state index in [-0.39, 0.29) is 10.6 Å². The van der Waals surface area contributed by atoms with Crippen molar-refractivity contribution in [1.29, 1.82) is 0 Å². The quantitative estimate of drug-likeness (QED) is 0.210. The molecular weight excluding hydrogens is 442 g/mol. The fraction of sp³-hybridized carbons (Fsp3) is 0.143. The summed E-state index contributed by atoms with van der Waals surface area (Å²) < 4.78 is 15.6. The minimum Gasteiger partial charge on any atom is -0.496 e. The number of nitrogens with zero attached hydrogens (tertiary/aromatic N) is 3. The predicted molar refractivity (Wildman–Crippen MR) is 117 cm³/mol.